The number of hydrogen-bond donors (Lipinski definition) is 2. The Morgan fingerprint density at radius 2 is 1.66 bits per heavy atom. The number of amides is 1. The van der Waals surface area contributed by atoms with Crippen molar-refractivity contribution in [2.24, 2.45) is 0 Å². The summed E-state index contributed by atoms with van der Waals surface area (Å²) in [6.07, 6.45) is -4.73. The van der Waals surface area contributed by atoms with Crippen LogP contribution in [0, 0.1) is 10.1 Å². The fourth-order valence-electron chi connectivity index (χ4n) is 3.86. The first kappa shape index (κ1) is 23.5. The molecule has 178 valence electrons. The normalized spacial score (nSPS) is 17.6. The number of aromatic hydroxyl groups is 1. The van der Waals surface area contributed by atoms with E-state index in [9.17, 15) is 43.1 Å². The van der Waals surface area contributed by atoms with E-state index in [1.54, 1.807) is 0 Å². The zero-order chi connectivity index (χ0) is 25.5. The van der Waals surface area contributed by atoms with Crippen molar-refractivity contribution in [3.63, 3.8) is 0 Å². The molecule has 1 heterocycles. The van der Waals surface area contributed by atoms with Gasteiger partial charge in [0.1, 0.15) is 11.5 Å². The first-order valence-corrected chi connectivity index (χ1v) is 10.0. The number of carbonyl (C=O) groups excluding carboxylic acids is 2. The molecule has 35 heavy (non-hydrogen) atoms. The van der Waals surface area contributed by atoms with E-state index in [0.717, 1.165) is 29.2 Å². The summed E-state index contributed by atoms with van der Waals surface area (Å²) in [4.78, 5) is 37.3. The molecule has 1 amide bonds. The van der Waals surface area contributed by atoms with Crippen LogP contribution in [0.1, 0.15) is 22.7 Å². The number of aliphatic hydroxyl groups excluding tert-OH is 1. The monoisotopic (exact) mass is 484 g/mol. The Balaban J connectivity index is 1.96. The number of halogens is 3. The molecule has 3 aromatic rings. The van der Waals surface area contributed by atoms with Crippen LogP contribution in [0.15, 0.2) is 78.4 Å². The Morgan fingerprint density at radius 1 is 0.971 bits per heavy atom. The number of rotatable bonds is 4. The molecule has 1 aliphatic heterocycles. The zero-order valence-corrected chi connectivity index (χ0v) is 17.6. The van der Waals surface area contributed by atoms with Crippen molar-refractivity contribution in [1.82, 2.24) is 0 Å². The topological polar surface area (TPSA) is 121 Å². The number of phenolic OH excluding ortho intramolecular Hbond substituents is 1. The second-order valence-corrected chi connectivity index (χ2v) is 7.62. The van der Waals surface area contributed by atoms with Crippen LogP contribution in [0.2, 0.25) is 0 Å². The van der Waals surface area contributed by atoms with Gasteiger partial charge in [-0.3, -0.25) is 24.6 Å². The highest BCUT2D eigenvalue weighted by molar-refractivity contribution is 6.51. The molecule has 0 bridgehead atoms. The highest BCUT2D eigenvalue weighted by atomic mass is 19.4. The predicted molar refractivity (Wildman–Crippen MR) is 117 cm³/mol. The van der Waals surface area contributed by atoms with E-state index in [1.165, 1.54) is 42.5 Å². The molecule has 0 aliphatic carbocycles. The summed E-state index contributed by atoms with van der Waals surface area (Å²) >= 11 is 0. The van der Waals surface area contributed by atoms with Crippen LogP contribution >= 0.6 is 0 Å². The molecule has 0 saturated carbocycles. The van der Waals surface area contributed by atoms with Crippen LogP contribution in [0.5, 0.6) is 5.75 Å². The van der Waals surface area contributed by atoms with Crippen LogP contribution in [-0.4, -0.2) is 26.8 Å². The van der Waals surface area contributed by atoms with Gasteiger partial charge in [0.2, 0.25) is 0 Å². The summed E-state index contributed by atoms with van der Waals surface area (Å²) in [5.41, 5.74) is -2.26. The van der Waals surface area contributed by atoms with Gasteiger partial charge < -0.3 is 10.2 Å². The van der Waals surface area contributed by atoms with Crippen molar-refractivity contribution in [1.29, 1.82) is 0 Å². The Morgan fingerprint density at radius 3 is 2.31 bits per heavy atom. The number of carbonyl (C=O) groups is 2. The van der Waals surface area contributed by atoms with Crippen molar-refractivity contribution >= 4 is 28.8 Å². The van der Waals surface area contributed by atoms with Crippen molar-refractivity contribution in [2.45, 2.75) is 12.2 Å². The highest BCUT2D eigenvalue weighted by Crippen LogP contribution is 2.44. The van der Waals surface area contributed by atoms with Gasteiger partial charge >= 0.3 is 6.18 Å². The van der Waals surface area contributed by atoms with Gasteiger partial charge in [-0.1, -0.05) is 30.3 Å². The minimum Gasteiger partial charge on any atom is -0.508 e. The summed E-state index contributed by atoms with van der Waals surface area (Å²) < 4.78 is 40.0. The smallest absolute Gasteiger partial charge is 0.416 e. The first-order chi connectivity index (χ1) is 16.5. The summed E-state index contributed by atoms with van der Waals surface area (Å²) in [7, 11) is 0. The van der Waals surface area contributed by atoms with E-state index in [2.05, 4.69) is 0 Å². The van der Waals surface area contributed by atoms with Crippen molar-refractivity contribution in [3.05, 3.63) is 105 Å². The number of aliphatic hydroxyl groups is 1. The van der Waals surface area contributed by atoms with Gasteiger partial charge in [0.15, 0.2) is 0 Å². The second-order valence-electron chi connectivity index (χ2n) is 7.62. The van der Waals surface area contributed by atoms with E-state index in [0.29, 0.717) is 6.07 Å². The van der Waals surface area contributed by atoms with Crippen molar-refractivity contribution in [3.8, 4) is 5.75 Å². The van der Waals surface area contributed by atoms with Gasteiger partial charge in [-0.05, 0) is 35.9 Å². The zero-order valence-electron chi connectivity index (χ0n) is 17.6. The third kappa shape index (κ3) is 4.31. The molecular formula is C24H15F3N2O6. The number of benzene rings is 3. The van der Waals surface area contributed by atoms with Crippen LogP contribution in [0.3, 0.4) is 0 Å². The van der Waals surface area contributed by atoms with E-state index in [1.807, 2.05) is 0 Å². The molecule has 0 radical (unpaired) electrons. The Hall–Kier alpha value is -4.67. The summed E-state index contributed by atoms with van der Waals surface area (Å²) in [5.74, 6) is -3.44. The summed E-state index contributed by atoms with van der Waals surface area (Å²) in [6.45, 7) is 0. The average molecular weight is 484 g/mol. The highest BCUT2D eigenvalue weighted by Gasteiger charge is 2.47. The molecule has 8 nitrogen and oxygen atoms in total. The Bertz CT molecular complexity index is 1400. The first-order valence-electron chi connectivity index (χ1n) is 10.0. The Labute approximate surface area is 195 Å². The average Bonchev–Trinajstić information content (AvgIpc) is 3.08. The number of non-ortho nitro benzene ring substituents is 1. The summed E-state index contributed by atoms with van der Waals surface area (Å²) in [6, 6.07) is 12.3. The number of ketones is 1. The molecule has 1 unspecified atom stereocenters. The minimum absolute atomic E-state index is 0.119. The second kappa shape index (κ2) is 8.60. The lowest BCUT2D eigenvalue weighted by molar-refractivity contribution is -0.384. The van der Waals surface area contributed by atoms with E-state index in [4.69, 9.17) is 0 Å². The number of anilines is 1. The lowest BCUT2D eigenvalue weighted by Crippen LogP contribution is -2.29. The third-order valence-electron chi connectivity index (χ3n) is 5.41. The number of alkyl halides is 3. The van der Waals surface area contributed by atoms with Gasteiger partial charge in [-0.25, -0.2) is 0 Å². The fraction of sp³-hybridized carbons (Fsp3) is 0.0833. The quantitative estimate of drug-likeness (QED) is 0.178. The van der Waals surface area contributed by atoms with Crippen molar-refractivity contribution < 1.29 is 37.9 Å². The molecule has 0 spiro atoms. The van der Waals surface area contributed by atoms with Crippen LogP contribution < -0.4 is 4.90 Å². The maximum Gasteiger partial charge on any atom is 0.416 e. The molecule has 2 N–H and O–H groups in total. The number of nitrogens with zero attached hydrogens (tertiary/aromatic N) is 2. The number of hydrogen-bond acceptors (Lipinski definition) is 6. The van der Waals surface area contributed by atoms with Gasteiger partial charge in [-0.2, -0.15) is 13.2 Å². The molecule has 0 aromatic heterocycles. The van der Waals surface area contributed by atoms with Gasteiger partial charge in [0, 0.05) is 23.4 Å². The van der Waals surface area contributed by atoms with Crippen LogP contribution in [-0.2, 0) is 15.8 Å². The number of Topliss-reactive ketones (excluding diaryl/α,β-unsaturated/α-hetero) is 1. The summed E-state index contributed by atoms with van der Waals surface area (Å²) in [5, 5.41) is 32.1. The molecule has 11 heteroatoms. The number of nitro benzene ring substituents is 1. The predicted octanol–water partition coefficient (Wildman–Crippen LogP) is 4.95. The van der Waals surface area contributed by atoms with Gasteiger partial charge in [-0.15, -0.1) is 0 Å². The van der Waals surface area contributed by atoms with E-state index >= 15 is 0 Å². The molecule has 1 saturated heterocycles. The SMILES string of the molecule is O=C1C(=O)N(c2cccc(C(F)(F)F)c2)C(c2cccc(O)c2)/C1=C(/O)c1cccc([N+](=O)[O-])c1. The Kier molecular flexibility index (Phi) is 5.77. The number of phenols is 1. The van der Waals surface area contributed by atoms with Gasteiger partial charge in [0.25, 0.3) is 17.4 Å². The van der Waals surface area contributed by atoms with Crippen LogP contribution in [0.4, 0.5) is 24.5 Å². The van der Waals surface area contributed by atoms with E-state index in [-0.39, 0.29) is 22.6 Å². The van der Waals surface area contributed by atoms with Crippen molar-refractivity contribution in [2.75, 3.05) is 4.90 Å². The lowest BCUT2D eigenvalue weighted by Gasteiger charge is -2.26. The fourth-order valence-corrected chi connectivity index (χ4v) is 3.86. The standard InChI is InChI=1S/C24H15F3N2O6/c25-24(26,27)15-6-3-7-16(12-15)28-20(13-4-2-9-18(30)11-13)19(22(32)23(28)33)21(31)14-5-1-8-17(10-14)29(34)35/h1-12,20,30-31H/b21-19-. The maximum atomic E-state index is 13.3. The molecule has 1 atom stereocenters. The molecule has 1 aliphatic rings. The minimum atomic E-state index is -4.73. The maximum absolute atomic E-state index is 13.3. The molecular weight excluding hydrogens is 469 g/mol. The van der Waals surface area contributed by atoms with E-state index < -0.39 is 51.4 Å². The van der Waals surface area contributed by atoms with Crippen LogP contribution in [0.25, 0.3) is 5.76 Å². The lowest BCUT2D eigenvalue weighted by atomic mass is 9.94. The largest absolute Gasteiger partial charge is 0.508 e. The number of nitro groups is 1. The molecule has 3 aromatic carbocycles. The van der Waals surface area contributed by atoms with Gasteiger partial charge in [0.05, 0.1) is 22.1 Å². The molecule has 4 rings (SSSR count). The molecule has 1 fully saturated rings. The third-order valence-corrected chi connectivity index (χ3v) is 5.41.